The van der Waals surface area contributed by atoms with E-state index in [1.807, 2.05) is 18.2 Å². The Hall–Kier alpha value is -3.15. The third-order valence-electron chi connectivity index (χ3n) is 5.76. The van der Waals surface area contributed by atoms with Gasteiger partial charge in [0.2, 0.25) is 5.91 Å². The van der Waals surface area contributed by atoms with Crippen LogP contribution in [0.25, 0.3) is 0 Å². The highest BCUT2D eigenvalue weighted by Gasteiger charge is 2.36. The molecule has 156 valence electrons. The SMILES string of the molecule is CC(C)(C)c1ccc(C(=O)COC(=O)c2ccc3c(c2)NC(=O)[C@H]2CCCN32)cc1. The number of hydrogen-bond donors (Lipinski definition) is 1. The average Bonchev–Trinajstić information content (AvgIpc) is 3.22. The number of fused-ring (bicyclic) bond motifs is 3. The van der Waals surface area contributed by atoms with E-state index in [1.54, 1.807) is 24.3 Å². The second-order valence-electron chi connectivity index (χ2n) is 8.90. The van der Waals surface area contributed by atoms with Gasteiger partial charge < -0.3 is 15.0 Å². The molecule has 0 unspecified atom stereocenters. The summed E-state index contributed by atoms with van der Waals surface area (Å²) in [6.45, 7) is 6.83. The van der Waals surface area contributed by atoms with Crippen LogP contribution in [0.2, 0.25) is 0 Å². The number of amides is 1. The standard InChI is InChI=1S/C24H26N2O4/c1-24(2,3)17-9-6-15(7-10-17)21(27)14-30-23(29)16-8-11-19-18(13-16)25-22(28)20-5-4-12-26(19)20/h6-11,13,20H,4-5,12,14H2,1-3H3,(H,25,28)/t20-/m1/s1. The first-order valence-corrected chi connectivity index (χ1v) is 10.3. The summed E-state index contributed by atoms with van der Waals surface area (Å²) in [5.41, 5.74) is 3.48. The number of benzene rings is 2. The number of nitrogens with zero attached hydrogens (tertiary/aromatic N) is 1. The summed E-state index contributed by atoms with van der Waals surface area (Å²) in [6.07, 6.45) is 1.81. The molecule has 6 heteroatoms. The van der Waals surface area contributed by atoms with Gasteiger partial charge in [-0.1, -0.05) is 45.0 Å². The lowest BCUT2D eigenvalue weighted by atomic mass is 9.86. The Balaban J connectivity index is 1.42. The molecule has 0 saturated carbocycles. The quantitative estimate of drug-likeness (QED) is 0.615. The van der Waals surface area contributed by atoms with Gasteiger partial charge in [-0.05, 0) is 42.0 Å². The van der Waals surface area contributed by atoms with Crippen LogP contribution in [0.5, 0.6) is 0 Å². The van der Waals surface area contributed by atoms with E-state index in [4.69, 9.17) is 4.74 Å². The fraction of sp³-hybridized carbons (Fsp3) is 0.375. The van der Waals surface area contributed by atoms with Crippen LogP contribution in [0.1, 0.15) is 59.9 Å². The fourth-order valence-corrected chi connectivity index (χ4v) is 4.01. The van der Waals surface area contributed by atoms with Crippen molar-refractivity contribution in [2.45, 2.75) is 45.1 Å². The summed E-state index contributed by atoms with van der Waals surface area (Å²) in [6, 6.07) is 12.4. The van der Waals surface area contributed by atoms with E-state index in [1.165, 1.54) is 0 Å². The number of rotatable bonds is 4. The third-order valence-corrected chi connectivity index (χ3v) is 5.76. The predicted octanol–water partition coefficient (Wildman–Crippen LogP) is 3.94. The maximum Gasteiger partial charge on any atom is 0.338 e. The van der Waals surface area contributed by atoms with Gasteiger partial charge in [0.1, 0.15) is 6.04 Å². The lowest BCUT2D eigenvalue weighted by Crippen LogP contribution is -2.43. The lowest BCUT2D eigenvalue weighted by Gasteiger charge is -2.33. The zero-order chi connectivity index (χ0) is 21.5. The molecule has 2 aliphatic heterocycles. The average molecular weight is 406 g/mol. The minimum Gasteiger partial charge on any atom is -0.454 e. The van der Waals surface area contributed by atoms with E-state index < -0.39 is 5.97 Å². The van der Waals surface area contributed by atoms with E-state index >= 15 is 0 Å². The number of hydrogen-bond acceptors (Lipinski definition) is 5. The molecule has 0 aromatic heterocycles. The Morgan fingerprint density at radius 2 is 1.80 bits per heavy atom. The van der Waals surface area contributed by atoms with Gasteiger partial charge in [0.15, 0.2) is 12.4 Å². The Morgan fingerprint density at radius 3 is 2.50 bits per heavy atom. The molecule has 6 nitrogen and oxygen atoms in total. The lowest BCUT2D eigenvalue weighted by molar-refractivity contribution is -0.117. The van der Waals surface area contributed by atoms with Crippen LogP contribution < -0.4 is 10.2 Å². The summed E-state index contributed by atoms with van der Waals surface area (Å²) >= 11 is 0. The van der Waals surface area contributed by atoms with Crippen molar-refractivity contribution in [2.75, 3.05) is 23.4 Å². The monoisotopic (exact) mass is 406 g/mol. The Morgan fingerprint density at radius 1 is 1.10 bits per heavy atom. The van der Waals surface area contributed by atoms with E-state index in [9.17, 15) is 14.4 Å². The maximum absolute atomic E-state index is 12.5. The fourth-order valence-electron chi connectivity index (χ4n) is 4.01. The van der Waals surface area contributed by atoms with Gasteiger partial charge >= 0.3 is 5.97 Å². The topological polar surface area (TPSA) is 75.7 Å². The predicted molar refractivity (Wildman–Crippen MR) is 115 cm³/mol. The molecule has 1 fully saturated rings. The van der Waals surface area contributed by atoms with Crippen molar-refractivity contribution in [1.82, 2.24) is 0 Å². The van der Waals surface area contributed by atoms with Crippen molar-refractivity contribution in [3.05, 3.63) is 59.2 Å². The normalized spacial score (nSPS) is 17.8. The highest BCUT2D eigenvalue weighted by molar-refractivity contribution is 6.06. The number of ketones is 1. The van der Waals surface area contributed by atoms with Crippen molar-refractivity contribution < 1.29 is 19.1 Å². The first-order valence-electron chi connectivity index (χ1n) is 10.3. The molecule has 4 rings (SSSR count). The van der Waals surface area contributed by atoms with Crippen LogP contribution in [-0.2, 0) is 14.9 Å². The van der Waals surface area contributed by atoms with Gasteiger partial charge in [-0.2, -0.15) is 0 Å². The smallest absolute Gasteiger partial charge is 0.338 e. The van der Waals surface area contributed by atoms with E-state index in [-0.39, 0.29) is 29.8 Å². The molecule has 1 atom stereocenters. The first-order chi connectivity index (χ1) is 14.2. The van der Waals surface area contributed by atoms with Crippen LogP contribution in [0, 0.1) is 0 Å². The molecular formula is C24H26N2O4. The molecule has 2 heterocycles. The van der Waals surface area contributed by atoms with Crippen molar-refractivity contribution in [2.24, 2.45) is 0 Å². The summed E-state index contributed by atoms with van der Waals surface area (Å²) in [5, 5.41) is 2.88. The van der Waals surface area contributed by atoms with Gasteiger partial charge in [0.25, 0.3) is 0 Å². The van der Waals surface area contributed by atoms with E-state index in [2.05, 4.69) is 31.0 Å². The molecule has 0 aliphatic carbocycles. The zero-order valence-corrected chi connectivity index (χ0v) is 17.5. The largest absolute Gasteiger partial charge is 0.454 e. The van der Waals surface area contributed by atoms with Gasteiger partial charge in [-0.3, -0.25) is 9.59 Å². The number of ether oxygens (including phenoxy) is 1. The zero-order valence-electron chi connectivity index (χ0n) is 17.5. The molecule has 2 aromatic carbocycles. The molecule has 2 aliphatic rings. The van der Waals surface area contributed by atoms with Crippen LogP contribution >= 0.6 is 0 Å². The Bertz CT molecular complexity index is 1000. The molecule has 1 saturated heterocycles. The third kappa shape index (κ3) is 3.82. The molecule has 0 bridgehead atoms. The molecule has 30 heavy (non-hydrogen) atoms. The van der Waals surface area contributed by atoms with Gasteiger partial charge in [0.05, 0.1) is 16.9 Å². The van der Waals surface area contributed by atoms with Crippen molar-refractivity contribution in [3.63, 3.8) is 0 Å². The van der Waals surface area contributed by atoms with E-state index in [0.717, 1.165) is 30.6 Å². The summed E-state index contributed by atoms with van der Waals surface area (Å²) in [4.78, 5) is 39.2. The Kier molecular flexibility index (Phi) is 5.10. The minimum atomic E-state index is -0.588. The number of carbonyl (C=O) groups excluding carboxylic acids is 3. The molecule has 0 radical (unpaired) electrons. The highest BCUT2D eigenvalue weighted by Crippen LogP contribution is 2.37. The maximum atomic E-state index is 12.5. The molecule has 0 spiro atoms. The second-order valence-corrected chi connectivity index (χ2v) is 8.90. The number of esters is 1. The van der Waals surface area contributed by atoms with Crippen molar-refractivity contribution in [3.8, 4) is 0 Å². The van der Waals surface area contributed by atoms with Crippen LogP contribution in [0.3, 0.4) is 0 Å². The summed E-state index contributed by atoms with van der Waals surface area (Å²) in [7, 11) is 0. The van der Waals surface area contributed by atoms with Gasteiger partial charge in [-0.25, -0.2) is 4.79 Å². The minimum absolute atomic E-state index is 0.00496. The van der Waals surface area contributed by atoms with Crippen molar-refractivity contribution >= 4 is 29.0 Å². The number of anilines is 2. The van der Waals surface area contributed by atoms with Crippen molar-refractivity contribution in [1.29, 1.82) is 0 Å². The second kappa shape index (κ2) is 7.59. The van der Waals surface area contributed by atoms with E-state index in [0.29, 0.717) is 16.8 Å². The molecular weight excluding hydrogens is 380 g/mol. The summed E-state index contributed by atoms with van der Waals surface area (Å²) in [5.74, 6) is -0.885. The molecule has 1 N–H and O–H groups in total. The Labute approximate surface area is 176 Å². The molecule has 1 amide bonds. The number of Topliss-reactive ketones (excluding diaryl/α,β-unsaturated/α-hetero) is 1. The van der Waals surface area contributed by atoms with Crippen LogP contribution in [-0.4, -0.2) is 36.9 Å². The summed E-state index contributed by atoms with van der Waals surface area (Å²) < 4.78 is 5.23. The highest BCUT2D eigenvalue weighted by atomic mass is 16.5. The number of carbonyl (C=O) groups is 3. The first kappa shape index (κ1) is 20.1. The van der Waals surface area contributed by atoms with Crippen LogP contribution in [0.15, 0.2) is 42.5 Å². The van der Waals surface area contributed by atoms with Crippen LogP contribution in [0.4, 0.5) is 11.4 Å². The van der Waals surface area contributed by atoms with Gasteiger partial charge in [0, 0.05) is 12.1 Å². The number of nitrogens with one attached hydrogen (secondary N) is 1. The van der Waals surface area contributed by atoms with Gasteiger partial charge in [-0.15, -0.1) is 0 Å². The molecule has 2 aromatic rings.